The minimum Gasteiger partial charge on any atom is -0.383 e. The number of aromatic nitrogens is 2. The number of hydrogen-bond acceptors (Lipinski definition) is 4. The van der Waals surface area contributed by atoms with Gasteiger partial charge in [-0.15, -0.1) is 0 Å². The fourth-order valence-electron chi connectivity index (χ4n) is 1.95. The first kappa shape index (κ1) is 14.5. The molecule has 0 bridgehead atoms. The van der Waals surface area contributed by atoms with Crippen molar-refractivity contribution in [2.45, 2.75) is 25.3 Å². The number of sulfonamides is 1. The smallest absolute Gasteiger partial charge is 0.246 e. The molecule has 1 heterocycles. The molecule has 20 heavy (non-hydrogen) atoms. The van der Waals surface area contributed by atoms with E-state index in [0.717, 1.165) is 11.1 Å². The van der Waals surface area contributed by atoms with Crippen molar-refractivity contribution in [2.75, 3.05) is 5.73 Å². The average molecular weight is 294 g/mol. The average Bonchev–Trinajstić information content (AvgIpc) is 2.63. The van der Waals surface area contributed by atoms with Gasteiger partial charge in [-0.2, -0.15) is 5.10 Å². The maximum absolute atomic E-state index is 12.3. The Labute approximate surface area is 118 Å². The van der Waals surface area contributed by atoms with E-state index in [0.29, 0.717) is 5.69 Å². The fourth-order valence-corrected chi connectivity index (χ4v) is 3.28. The van der Waals surface area contributed by atoms with E-state index in [4.69, 9.17) is 5.73 Å². The monoisotopic (exact) mass is 294 g/mol. The van der Waals surface area contributed by atoms with Crippen molar-refractivity contribution in [3.05, 3.63) is 41.1 Å². The molecule has 0 unspecified atom stereocenters. The number of nitrogens with one attached hydrogen (secondary N) is 1. The molecular weight excluding hydrogens is 276 g/mol. The van der Waals surface area contributed by atoms with Crippen LogP contribution in [0.5, 0.6) is 0 Å². The zero-order chi connectivity index (χ0) is 14.9. The number of rotatable bonds is 4. The van der Waals surface area contributed by atoms with Crippen LogP contribution in [0.25, 0.3) is 0 Å². The van der Waals surface area contributed by atoms with Gasteiger partial charge in [0.15, 0.2) is 0 Å². The molecule has 3 N–H and O–H groups in total. The molecule has 0 saturated heterocycles. The summed E-state index contributed by atoms with van der Waals surface area (Å²) >= 11 is 0. The zero-order valence-corrected chi connectivity index (χ0v) is 12.5. The quantitative estimate of drug-likeness (QED) is 0.883. The van der Waals surface area contributed by atoms with Gasteiger partial charge in [0.2, 0.25) is 10.0 Å². The van der Waals surface area contributed by atoms with Crippen LogP contribution < -0.4 is 10.5 Å². The first-order valence-corrected chi connectivity index (χ1v) is 7.64. The Bertz CT molecular complexity index is 718. The van der Waals surface area contributed by atoms with Gasteiger partial charge in [-0.1, -0.05) is 29.8 Å². The van der Waals surface area contributed by atoms with Gasteiger partial charge >= 0.3 is 0 Å². The summed E-state index contributed by atoms with van der Waals surface area (Å²) in [6.45, 7) is 3.82. The highest BCUT2D eigenvalue weighted by Gasteiger charge is 2.24. The van der Waals surface area contributed by atoms with Gasteiger partial charge in [0.25, 0.3) is 0 Å². The lowest BCUT2D eigenvalue weighted by Crippen LogP contribution is -2.24. The van der Waals surface area contributed by atoms with Crippen LogP contribution in [-0.4, -0.2) is 18.2 Å². The lowest BCUT2D eigenvalue weighted by Gasteiger charge is -2.07. The lowest BCUT2D eigenvalue weighted by atomic mass is 10.2. The molecule has 0 amide bonds. The Kier molecular flexibility index (Phi) is 3.82. The summed E-state index contributed by atoms with van der Waals surface area (Å²) < 4.78 is 28.5. The molecule has 0 radical (unpaired) electrons. The molecule has 0 aliphatic carbocycles. The van der Waals surface area contributed by atoms with Crippen molar-refractivity contribution < 1.29 is 8.42 Å². The highest BCUT2D eigenvalue weighted by molar-refractivity contribution is 7.89. The van der Waals surface area contributed by atoms with E-state index in [1.165, 1.54) is 4.68 Å². The molecule has 0 fully saturated rings. The van der Waals surface area contributed by atoms with E-state index in [1.807, 2.05) is 31.2 Å². The molecule has 2 rings (SSSR count). The second-order valence-corrected chi connectivity index (χ2v) is 6.44. The molecule has 6 nitrogen and oxygen atoms in total. The molecule has 7 heteroatoms. The Morgan fingerprint density at radius 1 is 1.25 bits per heavy atom. The Hall–Kier alpha value is -1.86. The third kappa shape index (κ3) is 2.83. The second kappa shape index (κ2) is 5.26. The lowest BCUT2D eigenvalue weighted by molar-refractivity contribution is 0.581. The maximum Gasteiger partial charge on any atom is 0.246 e. The number of hydrogen-bond donors (Lipinski definition) is 2. The summed E-state index contributed by atoms with van der Waals surface area (Å²) in [5, 5.41) is 4.02. The number of nitrogens with two attached hydrogens (primary N) is 1. The molecule has 1 aromatic carbocycles. The second-order valence-electron chi connectivity index (χ2n) is 4.73. The predicted molar refractivity (Wildman–Crippen MR) is 77.6 cm³/mol. The van der Waals surface area contributed by atoms with Gasteiger partial charge in [0, 0.05) is 13.6 Å². The normalized spacial score (nSPS) is 11.8. The van der Waals surface area contributed by atoms with E-state index in [1.54, 1.807) is 14.0 Å². The summed E-state index contributed by atoms with van der Waals surface area (Å²) in [4.78, 5) is 0.0483. The number of anilines is 1. The number of benzene rings is 1. The number of nitrogens with zero attached hydrogens (tertiary/aromatic N) is 2. The summed E-state index contributed by atoms with van der Waals surface area (Å²) in [6, 6.07) is 7.65. The van der Waals surface area contributed by atoms with E-state index in [9.17, 15) is 8.42 Å². The largest absolute Gasteiger partial charge is 0.383 e. The van der Waals surface area contributed by atoms with Crippen LogP contribution in [0.2, 0.25) is 0 Å². The van der Waals surface area contributed by atoms with Gasteiger partial charge < -0.3 is 5.73 Å². The number of nitrogen functional groups attached to an aromatic ring is 1. The molecule has 0 atom stereocenters. The van der Waals surface area contributed by atoms with Crippen LogP contribution in [0.1, 0.15) is 16.8 Å². The SMILES string of the molecule is Cc1ccc(CNS(=O)(=O)c2c(C)nn(C)c2N)cc1. The molecule has 2 aromatic rings. The van der Waals surface area contributed by atoms with Crippen LogP contribution in [0.15, 0.2) is 29.2 Å². The summed E-state index contributed by atoms with van der Waals surface area (Å²) in [7, 11) is -2.06. The molecule has 0 spiro atoms. The highest BCUT2D eigenvalue weighted by atomic mass is 32.2. The van der Waals surface area contributed by atoms with E-state index in [-0.39, 0.29) is 17.3 Å². The molecular formula is C13H18N4O2S. The van der Waals surface area contributed by atoms with Crippen molar-refractivity contribution in [3.8, 4) is 0 Å². The highest BCUT2D eigenvalue weighted by Crippen LogP contribution is 2.21. The van der Waals surface area contributed by atoms with Crippen molar-refractivity contribution in [1.82, 2.24) is 14.5 Å². The van der Waals surface area contributed by atoms with Gasteiger partial charge in [-0.05, 0) is 19.4 Å². The van der Waals surface area contributed by atoms with Crippen molar-refractivity contribution in [2.24, 2.45) is 7.05 Å². The molecule has 108 valence electrons. The van der Waals surface area contributed by atoms with Crippen LogP contribution in [0.4, 0.5) is 5.82 Å². The predicted octanol–water partition coefficient (Wildman–Crippen LogP) is 1.10. The van der Waals surface area contributed by atoms with Gasteiger partial charge in [-0.3, -0.25) is 4.68 Å². The standard InChI is InChI=1S/C13H18N4O2S/c1-9-4-6-11(7-5-9)8-15-20(18,19)12-10(2)16-17(3)13(12)14/h4-7,15H,8,14H2,1-3H3. The molecule has 1 aromatic heterocycles. The Balaban J connectivity index is 2.21. The van der Waals surface area contributed by atoms with Crippen LogP contribution in [0, 0.1) is 13.8 Å². The topological polar surface area (TPSA) is 90.0 Å². The first-order valence-electron chi connectivity index (χ1n) is 6.15. The third-order valence-electron chi connectivity index (χ3n) is 3.07. The summed E-state index contributed by atoms with van der Waals surface area (Å²) in [5.74, 6) is 0.138. The number of aryl methyl sites for hydroxylation is 3. The minimum atomic E-state index is -3.67. The van der Waals surface area contributed by atoms with Crippen molar-refractivity contribution in [3.63, 3.8) is 0 Å². The van der Waals surface area contributed by atoms with Crippen LogP contribution in [-0.2, 0) is 23.6 Å². The fraction of sp³-hybridized carbons (Fsp3) is 0.308. The Morgan fingerprint density at radius 3 is 2.35 bits per heavy atom. The van der Waals surface area contributed by atoms with Crippen molar-refractivity contribution in [1.29, 1.82) is 0 Å². The van der Waals surface area contributed by atoms with E-state index >= 15 is 0 Å². The van der Waals surface area contributed by atoms with Crippen LogP contribution >= 0.6 is 0 Å². The summed E-state index contributed by atoms with van der Waals surface area (Å²) in [6.07, 6.45) is 0. The Morgan fingerprint density at radius 2 is 1.85 bits per heavy atom. The summed E-state index contributed by atoms with van der Waals surface area (Å²) in [5.41, 5.74) is 8.17. The minimum absolute atomic E-state index is 0.0483. The zero-order valence-electron chi connectivity index (χ0n) is 11.7. The first-order chi connectivity index (χ1) is 9.31. The van der Waals surface area contributed by atoms with Crippen molar-refractivity contribution >= 4 is 15.8 Å². The molecule has 0 aliphatic rings. The van der Waals surface area contributed by atoms with Gasteiger partial charge in [-0.25, -0.2) is 13.1 Å². The third-order valence-corrected chi connectivity index (χ3v) is 4.63. The van der Waals surface area contributed by atoms with Gasteiger partial charge in [0.1, 0.15) is 10.7 Å². The van der Waals surface area contributed by atoms with E-state index in [2.05, 4.69) is 9.82 Å². The maximum atomic E-state index is 12.3. The molecule has 0 aliphatic heterocycles. The molecule has 0 saturated carbocycles. The van der Waals surface area contributed by atoms with Gasteiger partial charge in [0.05, 0.1) is 5.69 Å². The van der Waals surface area contributed by atoms with Crippen LogP contribution in [0.3, 0.4) is 0 Å². The van der Waals surface area contributed by atoms with E-state index < -0.39 is 10.0 Å².